The molecule has 0 saturated heterocycles. The van der Waals surface area contributed by atoms with Gasteiger partial charge >= 0.3 is 0 Å². The van der Waals surface area contributed by atoms with E-state index in [2.05, 4.69) is 26.1 Å². The fraction of sp³-hybridized carbons (Fsp3) is 0.600. The molecule has 0 fully saturated rings. The summed E-state index contributed by atoms with van der Waals surface area (Å²) in [5, 5.41) is 3.52. The third-order valence-corrected chi connectivity index (χ3v) is 3.33. The molecule has 17 heavy (non-hydrogen) atoms. The van der Waals surface area contributed by atoms with Crippen LogP contribution < -0.4 is 5.32 Å². The van der Waals surface area contributed by atoms with Crippen molar-refractivity contribution in [1.29, 1.82) is 0 Å². The summed E-state index contributed by atoms with van der Waals surface area (Å²) in [5.41, 5.74) is 1.10. The first kappa shape index (κ1) is 14.2. The lowest BCUT2D eigenvalue weighted by Crippen LogP contribution is -2.34. The maximum atomic E-state index is 13.1. The Kier molecular flexibility index (Phi) is 6.20. The number of halogens is 1. The van der Waals surface area contributed by atoms with Crippen LogP contribution in [-0.4, -0.2) is 12.6 Å². The van der Waals surface area contributed by atoms with E-state index in [4.69, 9.17) is 0 Å². The normalized spacial score (nSPS) is 14.6. The van der Waals surface area contributed by atoms with E-state index in [0.717, 1.165) is 31.4 Å². The molecule has 0 aliphatic heterocycles. The summed E-state index contributed by atoms with van der Waals surface area (Å²) in [5.74, 6) is 0.440. The van der Waals surface area contributed by atoms with Gasteiger partial charge in [-0.25, -0.2) is 4.39 Å². The first-order chi connectivity index (χ1) is 8.17. The molecule has 1 aromatic rings. The van der Waals surface area contributed by atoms with E-state index < -0.39 is 0 Å². The third-order valence-electron chi connectivity index (χ3n) is 3.33. The zero-order chi connectivity index (χ0) is 12.7. The highest BCUT2D eigenvalue weighted by Crippen LogP contribution is 2.16. The van der Waals surface area contributed by atoms with Crippen molar-refractivity contribution in [2.45, 2.75) is 46.1 Å². The summed E-state index contributed by atoms with van der Waals surface area (Å²) < 4.78 is 13.1. The Morgan fingerprint density at radius 2 is 2.06 bits per heavy atom. The van der Waals surface area contributed by atoms with Crippen molar-refractivity contribution >= 4 is 0 Å². The van der Waals surface area contributed by atoms with Gasteiger partial charge in [0.05, 0.1) is 0 Å². The minimum atomic E-state index is -0.133. The molecule has 0 aromatic heterocycles. The molecule has 1 N–H and O–H groups in total. The van der Waals surface area contributed by atoms with Crippen LogP contribution in [0.3, 0.4) is 0 Å². The molecule has 1 aromatic carbocycles. The van der Waals surface area contributed by atoms with Gasteiger partial charge in [0.2, 0.25) is 0 Å². The molecule has 1 nitrogen and oxygen atoms in total. The van der Waals surface area contributed by atoms with Gasteiger partial charge in [-0.3, -0.25) is 0 Å². The van der Waals surface area contributed by atoms with Gasteiger partial charge in [-0.2, -0.15) is 0 Å². The Hall–Kier alpha value is -0.890. The molecule has 0 aliphatic carbocycles. The summed E-state index contributed by atoms with van der Waals surface area (Å²) in [6, 6.07) is 7.45. The van der Waals surface area contributed by atoms with Crippen LogP contribution >= 0.6 is 0 Å². The maximum absolute atomic E-state index is 13.1. The summed E-state index contributed by atoms with van der Waals surface area (Å²) in [7, 11) is 0. The van der Waals surface area contributed by atoms with E-state index in [1.54, 1.807) is 12.1 Å². The lowest BCUT2D eigenvalue weighted by molar-refractivity contribution is 0.362. The lowest BCUT2D eigenvalue weighted by Gasteiger charge is -2.24. The van der Waals surface area contributed by atoms with Crippen LogP contribution in [0.5, 0.6) is 0 Å². The molecule has 0 saturated carbocycles. The van der Waals surface area contributed by atoms with Gasteiger partial charge in [0, 0.05) is 6.04 Å². The molecule has 0 radical (unpaired) electrons. The number of rotatable bonds is 7. The zero-order valence-electron chi connectivity index (χ0n) is 11.2. The quantitative estimate of drug-likeness (QED) is 0.761. The second-order valence-electron chi connectivity index (χ2n) is 4.75. The second-order valence-corrected chi connectivity index (χ2v) is 4.75. The highest BCUT2D eigenvalue weighted by atomic mass is 19.1. The summed E-state index contributed by atoms with van der Waals surface area (Å²) >= 11 is 0. The average molecular weight is 237 g/mol. The van der Waals surface area contributed by atoms with Crippen LogP contribution in [0.2, 0.25) is 0 Å². The minimum absolute atomic E-state index is 0.133. The largest absolute Gasteiger partial charge is 0.314 e. The van der Waals surface area contributed by atoms with Crippen LogP contribution in [0, 0.1) is 11.7 Å². The Balaban J connectivity index is 2.56. The smallest absolute Gasteiger partial charge is 0.123 e. The summed E-state index contributed by atoms with van der Waals surface area (Å²) in [4.78, 5) is 0. The summed E-state index contributed by atoms with van der Waals surface area (Å²) in [6.07, 6.45) is 3.22. The van der Waals surface area contributed by atoms with E-state index in [9.17, 15) is 4.39 Å². The zero-order valence-corrected chi connectivity index (χ0v) is 11.2. The first-order valence-electron chi connectivity index (χ1n) is 6.65. The molecule has 2 atom stereocenters. The Morgan fingerprint density at radius 3 is 2.65 bits per heavy atom. The number of hydrogen-bond donors (Lipinski definition) is 1. The van der Waals surface area contributed by atoms with Gasteiger partial charge < -0.3 is 5.32 Å². The van der Waals surface area contributed by atoms with Crippen molar-refractivity contribution < 1.29 is 4.39 Å². The predicted octanol–water partition coefficient (Wildman–Crippen LogP) is 3.78. The van der Waals surface area contributed by atoms with Crippen molar-refractivity contribution in [3.8, 4) is 0 Å². The van der Waals surface area contributed by atoms with Crippen LogP contribution in [0.4, 0.5) is 4.39 Å². The molecule has 0 bridgehead atoms. The molecule has 0 amide bonds. The molecule has 1 rings (SSSR count). The highest BCUT2D eigenvalue weighted by Gasteiger charge is 2.15. The van der Waals surface area contributed by atoms with Crippen LogP contribution in [0.1, 0.15) is 39.2 Å². The Labute approximate surface area is 104 Å². The SMILES string of the molecule is CCCNC(C)C(CC)Cc1cccc(F)c1. The van der Waals surface area contributed by atoms with Gasteiger partial charge in [0.15, 0.2) is 0 Å². The van der Waals surface area contributed by atoms with Crippen molar-refractivity contribution in [1.82, 2.24) is 5.32 Å². The topological polar surface area (TPSA) is 12.0 Å². The third kappa shape index (κ3) is 4.86. The van der Waals surface area contributed by atoms with E-state index in [1.165, 1.54) is 6.07 Å². The molecule has 0 aliphatic rings. The second kappa shape index (κ2) is 7.44. The van der Waals surface area contributed by atoms with Crippen LogP contribution in [0.15, 0.2) is 24.3 Å². The standard InChI is InChI=1S/C15H24FN/c1-4-9-17-12(3)14(5-2)10-13-7-6-8-15(16)11-13/h6-8,11-12,14,17H,4-5,9-10H2,1-3H3. The van der Waals surface area contributed by atoms with Crippen molar-refractivity contribution in [2.75, 3.05) is 6.54 Å². The average Bonchev–Trinajstić information content (AvgIpc) is 2.33. The van der Waals surface area contributed by atoms with E-state index >= 15 is 0 Å². The van der Waals surface area contributed by atoms with Crippen LogP contribution in [0.25, 0.3) is 0 Å². The van der Waals surface area contributed by atoms with Crippen molar-refractivity contribution in [2.24, 2.45) is 5.92 Å². The van der Waals surface area contributed by atoms with E-state index in [1.807, 2.05) is 6.07 Å². The summed E-state index contributed by atoms with van der Waals surface area (Å²) in [6.45, 7) is 7.66. The molecule has 0 spiro atoms. The fourth-order valence-electron chi connectivity index (χ4n) is 2.18. The van der Waals surface area contributed by atoms with Crippen LogP contribution in [-0.2, 0) is 6.42 Å². The molecular weight excluding hydrogens is 213 g/mol. The van der Waals surface area contributed by atoms with Gasteiger partial charge in [0.1, 0.15) is 5.82 Å². The predicted molar refractivity (Wildman–Crippen MR) is 71.6 cm³/mol. The molecule has 96 valence electrons. The van der Waals surface area contributed by atoms with Gasteiger partial charge in [-0.1, -0.05) is 32.4 Å². The van der Waals surface area contributed by atoms with Gasteiger partial charge in [-0.05, 0) is 49.9 Å². The Morgan fingerprint density at radius 1 is 1.29 bits per heavy atom. The Bertz CT molecular complexity index is 324. The maximum Gasteiger partial charge on any atom is 0.123 e. The first-order valence-corrected chi connectivity index (χ1v) is 6.65. The number of hydrogen-bond acceptors (Lipinski definition) is 1. The van der Waals surface area contributed by atoms with Gasteiger partial charge in [0.25, 0.3) is 0 Å². The number of benzene rings is 1. The fourth-order valence-corrected chi connectivity index (χ4v) is 2.18. The van der Waals surface area contributed by atoms with Crippen molar-refractivity contribution in [3.05, 3.63) is 35.6 Å². The number of nitrogens with one attached hydrogen (secondary N) is 1. The van der Waals surface area contributed by atoms with E-state index in [0.29, 0.717) is 12.0 Å². The molecular formula is C15H24FN. The highest BCUT2D eigenvalue weighted by molar-refractivity contribution is 5.17. The van der Waals surface area contributed by atoms with Crippen molar-refractivity contribution in [3.63, 3.8) is 0 Å². The molecule has 2 unspecified atom stereocenters. The minimum Gasteiger partial charge on any atom is -0.314 e. The molecule has 0 heterocycles. The lowest BCUT2D eigenvalue weighted by atomic mass is 9.90. The van der Waals surface area contributed by atoms with Gasteiger partial charge in [-0.15, -0.1) is 0 Å². The molecule has 2 heteroatoms. The monoisotopic (exact) mass is 237 g/mol. The van der Waals surface area contributed by atoms with E-state index in [-0.39, 0.29) is 5.82 Å².